The maximum atomic E-state index is 6.03. The number of aromatic nitrogens is 4. The number of halogens is 1. The second kappa shape index (κ2) is 6.93. The molecule has 23 heavy (non-hydrogen) atoms. The van der Waals surface area contributed by atoms with Crippen molar-refractivity contribution in [2.75, 3.05) is 6.54 Å². The first-order chi connectivity index (χ1) is 11.1. The van der Waals surface area contributed by atoms with E-state index in [4.69, 9.17) is 16.1 Å². The Balaban J connectivity index is 1.69. The molecule has 1 aromatic carbocycles. The van der Waals surface area contributed by atoms with Crippen molar-refractivity contribution in [3.63, 3.8) is 0 Å². The van der Waals surface area contributed by atoms with E-state index in [-0.39, 0.29) is 0 Å². The molecule has 0 aliphatic heterocycles. The zero-order chi connectivity index (χ0) is 16.2. The lowest BCUT2D eigenvalue weighted by atomic mass is 10.3. The van der Waals surface area contributed by atoms with Gasteiger partial charge in [0.15, 0.2) is 5.82 Å². The number of aryl methyl sites for hydroxylation is 1. The normalized spacial score (nSPS) is 11.3. The SMILES string of the molecule is CCN(Cc1cnn(-c2cccc(Cl)c2)c1)Cc1noc(C)n1. The van der Waals surface area contributed by atoms with E-state index < -0.39 is 0 Å². The second-order valence-corrected chi connectivity index (χ2v) is 5.74. The molecule has 2 heterocycles. The fraction of sp³-hybridized carbons (Fsp3) is 0.312. The summed E-state index contributed by atoms with van der Waals surface area (Å²) in [6, 6.07) is 7.62. The van der Waals surface area contributed by atoms with Crippen molar-refractivity contribution in [2.45, 2.75) is 26.9 Å². The summed E-state index contributed by atoms with van der Waals surface area (Å²) in [4.78, 5) is 6.47. The highest BCUT2D eigenvalue weighted by atomic mass is 35.5. The van der Waals surface area contributed by atoms with Crippen molar-refractivity contribution < 1.29 is 4.52 Å². The average molecular weight is 332 g/mol. The Labute approximate surface area is 139 Å². The first-order valence-electron chi connectivity index (χ1n) is 7.45. The van der Waals surface area contributed by atoms with Gasteiger partial charge in [0.1, 0.15) is 0 Å². The summed E-state index contributed by atoms with van der Waals surface area (Å²) >= 11 is 6.03. The van der Waals surface area contributed by atoms with Gasteiger partial charge in [-0.3, -0.25) is 4.90 Å². The zero-order valence-corrected chi connectivity index (χ0v) is 13.9. The van der Waals surface area contributed by atoms with E-state index in [1.807, 2.05) is 41.3 Å². The van der Waals surface area contributed by atoms with Crippen molar-refractivity contribution >= 4 is 11.6 Å². The quantitative estimate of drug-likeness (QED) is 0.694. The predicted octanol–water partition coefficient (Wildman–Crippen LogP) is 3.24. The van der Waals surface area contributed by atoms with E-state index in [0.29, 0.717) is 23.3 Å². The minimum Gasteiger partial charge on any atom is -0.340 e. The molecule has 0 N–H and O–H groups in total. The minimum absolute atomic E-state index is 0.588. The smallest absolute Gasteiger partial charge is 0.223 e. The number of hydrogen-bond donors (Lipinski definition) is 0. The molecule has 3 rings (SSSR count). The molecule has 7 heteroatoms. The Bertz CT molecular complexity index is 782. The third-order valence-electron chi connectivity index (χ3n) is 3.50. The molecule has 0 bridgehead atoms. The topological polar surface area (TPSA) is 60.0 Å². The Kier molecular flexibility index (Phi) is 4.73. The highest BCUT2D eigenvalue weighted by Gasteiger charge is 2.11. The molecule has 0 saturated heterocycles. The van der Waals surface area contributed by atoms with Gasteiger partial charge in [-0.1, -0.05) is 29.7 Å². The molecule has 3 aromatic rings. The molecule has 0 saturated carbocycles. The lowest BCUT2D eigenvalue weighted by Gasteiger charge is -2.17. The fourth-order valence-electron chi connectivity index (χ4n) is 2.34. The Morgan fingerprint density at radius 3 is 2.87 bits per heavy atom. The van der Waals surface area contributed by atoms with Gasteiger partial charge in [-0.2, -0.15) is 10.1 Å². The summed E-state index contributed by atoms with van der Waals surface area (Å²) in [7, 11) is 0. The number of rotatable bonds is 6. The van der Waals surface area contributed by atoms with Crippen LogP contribution in [0.2, 0.25) is 5.02 Å². The second-order valence-electron chi connectivity index (χ2n) is 5.31. The van der Waals surface area contributed by atoms with E-state index in [1.165, 1.54) is 0 Å². The fourth-order valence-corrected chi connectivity index (χ4v) is 2.53. The van der Waals surface area contributed by atoms with Gasteiger partial charge >= 0.3 is 0 Å². The van der Waals surface area contributed by atoms with Gasteiger partial charge in [-0.25, -0.2) is 4.68 Å². The minimum atomic E-state index is 0.588. The van der Waals surface area contributed by atoms with E-state index in [1.54, 1.807) is 6.92 Å². The standard InChI is InChI=1S/C16H18ClN5O/c1-3-21(11-16-19-12(2)23-20-16)9-13-8-18-22(10-13)15-6-4-5-14(17)7-15/h4-8,10H,3,9,11H2,1-2H3. The zero-order valence-electron chi connectivity index (χ0n) is 13.1. The van der Waals surface area contributed by atoms with E-state index in [2.05, 4.69) is 27.1 Å². The van der Waals surface area contributed by atoms with E-state index in [0.717, 1.165) is 24.3 Å². The van der Waals surface area contributed by atoms with Crippen molar-refractivity contribution in [3.05, 3.63) is 59.0 Å². The molecule has 2 aromatic heterocycles. The van der Waals surface area contributed by atoms with E-state index in [9.17, 15) is 0 Å². The third kappa shape index (κ3) is 3.97. The lowest BCUT2D eigenvalue weighted by Crippen LogP contribution is -2.22. The first kappa shape index (κ1) is 15.7. The van der Waals surface area contributed by atoms with Gasteiger partial charge in [0.25, 0.3) is 0 Å². The molecule has 0 fully saturated rings. The molecule has 0 spiro atoms. The monoisotopic (exact) mass is 331 g/mol. The van der Waals surface area contributed by atoms with E-state index >= 15 is 0 Å². The van der Waals surface area contributed by atoms with Crippen molar-refractivity contribution in [1.29, 1.82) is 0 Å². The predicted molar refractivity (Wildman–Crippen MR) is 87.4 cm³/mol. The molecule has 6 nitrogen and oxygen atoms in total. The molecule has 0 atom stereocenters. The molecule has 120 valence electrons. The molecule has 0 aliphatic carbocycles. The maximum absolute atomic E-state index is 6.03. The summed E-state index contributed by atoms with van der Waals surface area (Å²) in [5.74, 6) is 1.29. The van der Waals surface area contributed by atoms with Crippen molar-refractivity contribution in [3.8, 4) is 5.69 Å². The molecule has 0 unspecified atom stereocenters. The van der Waals surface area contributed by atoms with Crippen molar-refractivity contribution in [1.82, 2.24) is 24.8 Å². The van der Waals surface area contributed by atoms with Crippen LogP contribution in [-0.2, 0) is 13.1 Å². The molecular formula is C16H18ClN5O. The van der Waals surface area contributed by atoms with Crippen LogP contribution in [0.1, 0.15) is 24.2 Å². The Hall–Kier alpha value is -2.18. The number of benzene rings is 1. The van der Waals surface area contributed by atoms with Crippen molar-refractivity contribution in [2.24, 2.45) is 0 Å². The van der Waals surface area contributed by atoms with Gasteiger partial charge in [-0.05, 0) is 24.7 Å². The maximum Gasteiger partial charge on any atom is 0.223 e. The van der Waals surface area contributed by atoms with Crippen LogP contribution in [0, 0.1) is 6.92 Å². The first-order valence-corrected chi connectivity index (χ1v) is 7.83. The summed E-state index contributed by atoms with van der Waals surface area (Å²) in [6.07, 6.45) is 3.88. The van der Waals surface area contributed by atoms with Crippen LogP contribution in [0.3, 0.4) is 0 Å². The van der Waals surface area contributed by atoms with Crippen LogP contribution in [0.5, 0.6) is 0 Å². The molecular weight excluding hydrogens is 314 g/mol. The van der Waals surface area contributed by atoms with Crippen LogP contribution < -0.4 is 0 Å². The van der Waals surface area contributed by atoms with Crippen LogP contribution in [0.4, 0.5) is 0 Å². The molecule has 0 amide bonds. The highest BCUT2D eigenvalue weighted by Crippen LogP contribution is 2.15. The lowest BCUT2D eigenvalue weighted by molar-refractivity contribution is 0.259. The van der Waals surface area contributed by atoms with Gasteiger partial charge in [0.2, 0.25) is 5.89 Å². The summed E-state index contributed by atoms with van der Waals surface area (Å²) in [5.41, 5.74) is 2.06. The highest BCUT2D eigenvalue weighted by molar-refractivity contribution is 6.30. The average Bonchev–Trinajstić information content (AvgIpc) is 3.16. The van der Waals surface area contributed by atoms with Crippen LogP contribution >= 0.6 is 11.6 Å². The summed E-state index contributed by atoms with van der Waals surface area (Å²) in [5, 5.41) is 9.05. The Morgan fingerprint density at radius 1 is 1.30 bits per heavy atom. The van der Waals surface area contributed by atoms with Gasteiger partial charge in [0.05, 0.1) is 18.4 Å². The molecule has 0 aliphatic rings. The summed E-state index contributed by atoms with van der Waals surface area (Å²) < 4.78 is 6.84. The van der Waals surface area contributed by atoms with Gasteiger partial charge in [-0.15, -0.1) is 0 Å². The van der Waals surface area contributed by atoms with Crippen LogP contribution in [-0.4, -0.2) is 31.4 Å². The van der Waals surface area contributed by atoms with Gasteiger partial charge < -0.3 is 4.52 Å². The summed E-state index contributed by atoms with van der Waals surface area (Å²) in [6.45, 7) is 6.20. The third-order valence-corrected chi connectivity index (χ3v) is 3.73. The molecule has 0 radical (unpaired) electrons. The largest absolute Gasteiger partial charge is 0.340 e. The Morgan fingerprint density at radius 2 is 2.17 bits per heavy atom. The van der Waals surface area contributed by atoms with Gasteiger partial charge in [0, 0.05) is 30.3 Å². The number of hydrogen-bond acceptors (Lipinski definition) is 5. The van der Waals surface area contributed by atoms with Crippen LogP contribution in [0.25, 0.3) is 5.69 Å². The van der Waals surface area contributed by atoms with Crippen LogP contribution in [0.15, 0.2) is 41.2 Å². The number of nitrogens with zero attached hydrogens (tertiary/aromatic N) is 5.